The van der Waals surface area contributed by atoms with E-state index in [1.54, 1.807) is 0 Å². The Morgan fingerprint density at radius 1 is 1.38 bits per heavy atom. The van der Waals surface area contributed by atoms with Crippen LogP contribution in [0, 0.1) is 0 Å². The van der Waals surface area contributed by atoms with E-state index in [4.69, 9.17) is 5.11 Å². The van der Waals surface area contributed by atoms with E-state index in [1.807, 2.05) is 0 Å². The summed E-state index contributed by atoms with van der Waals surface area (Å²) in [5, 5.41) is 21.4. The van der Waals surface area contributed by atoms with Crippen molar-refractivity contribution in [3.05, 3.63) is 35.4 Å². The number of nitrogens with one attached hydrogen (secondary N) is 1. The molecular weight excluding hydrogens is 202 g/mol. The highest BCUT2D eigenvalue weighted by atomic mass is 16.3. The maximum atomic E-state index is 9.32. The highest BCUT2D eigenvalue weighted by Gasteiger charge is 2.19. The molecule has 3 heteroatoms. The van der Waals surface area contributed by atoms with Crippen molar-refractivity contribution in [2.75, 3.05) is 13.2 Å². The van der Waals surface area contributed by atoms with E-state index in [-0.39, 0.29) is 6.61 Å². The maximum absolute atomic E-state index is 9.32. The van der Waals surface area contributed by atoms with Crippen molar-refractivity contribution in [2.24, 2.45) is 0 Å². The zero-order chi connectivity index (χ0) is 11.4. The van der Waals surface area contributed by atoms with E-state index < -0.39 is 6.10 Å². The molecule has 0 radical (unpaired) electrons. The number of aryl methyl sites for hydroxylation is 1. The van der Waals surface area contributed by atoms with Crippen LogP contribution in [0.25, 0.3) is 0 Å². The molecule has 1 aliphatic rings. The molecule has 0 saturated carbocycles. The lowest BCUT2D eigenvalue weighted by Crippen LogP contribution is -2.33. The first-order chi connectivity index (χ1) is 7.81. The highest BCUT2D eigenvalue weighted by Crippen LogP contribution is 2.29. The minimum Gasteiger partial charge on any atom is -0.394 e. The minimum absolute atomic E-state index is 0.179. The van der Waals surface area contributed by atoms with Crippen molar-refractivity contribution in [2.45, 2.75) is 31.4 Å². The van der Waals surface area contributed by atoms with Crippen LogP contribution in [-0.2, 0) is 6.42 Å². The first kappa shape index (κ1) is 11.6. The van der Waals surface area contributed by atoms with Gasteiger partial charge < -0.3 is 15.5 Å². The summed E-state index contributed by atoms with van der Waals surface area (Å²) < 4.78 is 0. The Morgan fingerprint density at radius 3 is 3.00 bits per heavy atom. The zero-order valence-electron chi connectivity index (χ0n) is 9.39. The Hall–Kier alpha value is -0.900. The Kier molecular flexibility index (Phi) is 3.93. The van der Waals surface area contributed by atoms with Crippen molar-refractivity contribution in [1.82, 2.24) is 5.32 Å². The maximum Gasteiger partial charge on any atom is 0.0895 e. The summed E-state index contributed by atoms with van der Waals surface area (Å²) in [6.07, 6.45) is 2.78. The number of hydrogen-bond acceptors (Lipinski definition) is 3. The van der Waals surface area contributed by atoms with Crippen molar-refractivity contribution < 1.29 is 10.2 Å². The predicted octanol–water partition coefficient (Wildman–Crippen LogP) is 1.01. The topological polar surface area (TPSA) is 52.5 Å². The monoisotopic (exact) mass is 221 g/mol. The van der Waals surface area contributed by atoms with Crippen LogP contribution in [0.1, 0.15) is 30.0 Å². The summed E-state index contributed by atoms with van der Waals surface area (Å²) in [6, 6.07) is 8.78. The lowest BCUT2D eigenvalue weighted by atomic mass is 9.88. The quantitative estimate of drug-likeness (QED) is 0.711. The molecule has 2 rings (SSSR count). The summed E-state index contributed by atoms with van der Waals surface area (Å²) in [5.74, 6) is 0. The summed E-state index contributed by atoms with van der Waals surface area (Å²) in [7, 11) is 0. The molecule has 1 aliphatic carbocycles. The first-order valence-electron chi connectivity index (χ1n) is 5.91. The van der Waals surface area contributed by atoms with E-state index >= 15 is 0 Å². The Bertz CT molecular complexity index is 340. The van der Waals surface area contributed by atoms with Gasteiger partial charge in [-0.2, -0.15) is 0 Å². The van der Waals surface area contributed by atoms with Gasteiger partial charge in [0.25, 0.3) is 0 Å². The van der Waals surface area contributed by atoms with Crippen LogP contribution in [0.3, 0.4) is 0 Å². The van der Waals surface area contributed by atoms with Crippen LogP contribution in [0.5, 0.6) is 0 Å². The van der Waals surface area contributed by atoms with Gasteiger partial charge >= 0.3 is 0 Å². The Morgan fingerprint density at radius 2 is 2.19 bits per heavy atom. The Labute approximate surface area is 96.1 Å². The molecule has 0 aromatic heterocycles. The van der Waals surface area contributed by atoms with Gasteiger partial charge in [-0.1, -0.05) is 24.3 Å². The number of hydrogen-bond donors (Lipinski definition) is 3. The summed E-state index contributed by atoms with van der Waals surface area (Å²) in [4.78, 5) is 0. The van der Waals surface area contributed by atoms with E-state index in [0.717, 1.165) is 12.8 Å². The molecule has 0 bridgehead atoms. The molecule has 1 aromatic carbocycles. The molecule has 3 nitrogen and oxygen atoms in total. The number of fused-ring (bicyclic) bond motifs is 1. The van der Waals surface area contributed by atoms with Crippen LogP contribution in [-0.4, -0.2) is 29.5 Å². The van der Waals surface area contributed by atoms with Gasteiger partial charge in [-0.05, 0) is 30.4 Å². The molecule has 0 heterocycles. The van der Waals surface area contributed by atoms with Crippen molar-refractivity contribution in [3.8, 4) is 0 Å². The van der Waals surface area contributed by atoms with Gasteiger partial charge in [-0.3, -0.25) is 0 Å². The van der Waals surface area contributed by atoms with Gasteiger partial charge in [-0.15, -0.1) is 0 Å². The molecule has 0 saturated heterocycles. The number of benzene rings is 1. The van der Waals surface area contributed by atoms with Gasteiger partial charge in [0.15, 0.2) is 0 Å². The van der Waals surface area contributed by atoms with Gasteiger partial charge in [0.05, 0.1) is 12.7 Å². The van der Waals surface area contributed by atoms with Crippen LogP contribution in [0.2, 0.25) is 0 Å². The van der Waals surface area contributed by atoms with Gasteiger partial charge in [0.2, 0.25) is 0 Å². The third kappa shape index (κ3) is 2.61. The largest absolute Gasteiger partial charge is 0.394 e. The molecule has 0 unspecified atom stereocenters. The first-order valence-corrected chi connectivity index (χ1v) is 5.91. The number of aliphatic hydroxyl groups excluding tert-OH is 2. The Balaban J connectivity index is 2.01. The van der Waals surface area contributed by atoms with Crippen molar-refractivity contribution >= 4 is 0 Å². The molecule has 0 amide bonds. The van der Waals surface area contributed by atoms with Crippen LogP contribution in [0.4, 0.5) is 0 Å². The molecule has 88 valence electrons. The van der Waals surface area contributed by atoms with Crippen LogP contribution >= 0.6 is 0 Å². The molecule has 2 atom stereocenters. The molecule has 0 aliphatic heterocycles. The lowest BCUT2D eigenvalue weighted by Gasteiger charge is -2.27. The molecular formula is C13H19NO2. The predicted molar refractivity (Wildman–Crippen MR) is 63.2 cm³/mol. The fourth-order valence-electron chi connectivity index (χ4n) is 2.31. The second kappa shape index (κ2) is 5.43. The average molecular weight is 221 g/mol. The minimum atomic E-state index is -0.658. The smallest absolute Gasteiger partial charge is 0.0895 e. The van der Waals surface area contributed by atoms with Crippen LogP contribution in [0.15, 0.2) is 24.3 Å². The zero-order valence-corrected chi connectivity index (χ0v) is 9.39. The fourth-order valence-corrected chi connectivity index (χ4v) is 2.31. The molecule has 1 aromatic rings. The van der Waals surface area contributed by atoms with E-state index in [9.17, 15) is 5.11 Å². The van der Waals surface area contributed by atoms with Crippen molar-refractivity contribution in [3.63, 3.8) is 0 Å². The number of aliphatic hydroxyl groups is 2. The molecule has 3 N–H and O–H groups in total. The summed E-state index contributed by atoms with van der Waals surface area (Å²) in [5.41, 5.74) is 2.75. The van der Waals surface area contributed by atoms with Crippen LogP contribution < -0.4 is 5.32 Å². The molecule has 0 fully saturated rings. The number of rotatable bonds is 4. The van der Waals surface area contributed by atoms with Gasteiger partial charge in [0.1, 0.15) is 0 Å². The molecule has 16 heavy (non-hydrogen) atoms. The third-order valence-electron chi connectivity index (χ3n) is 3.18. The third-order valence-corrected chi connectivity index (χ3v) is 3.18. The highest BCUT2D eigenvalue weighted by molar-refractivity contribution is 5.32. The van der Waals surface area contributed by atoms with E-state index in [0.29, 0.717) is 12.6 Å². The van der Waals surface area contributed by atoms with Crippen molar-refractivity contribution in [1.29, 1.82) is 0 Å². The second-order valence-electron chi connectivity index (χ2n) is 4.39. The lowest BCUT2D eigenvalue weighted by molar-refractivity contribution is 0.0912. The second-order valence-corrected chi connectivity index (χ2v) is 4.39. The summed E-state index contributed by atoms with van der Waals surface area (Å²) >= 11 is 0. The standard InChI is InChI=1S/C13H19NO2/c15-9-11(16)8-14-13-7-3-5-10-4-1-2-6-12(10)13/h1-2,4,6,11,13-16H,3,5,7-9H2/t11-,13-/m1/s1. The van der Waals surface area contributed by atoms with Gasteiger partial charge in [0, 0.05) is 12.6 Å². The summed E-state index contributed by atoms with van der Waals surface area (Å²) in [6.45, 7) is 0.275. The molecule has 0 spiro atoms. The van der Waals surface area contributed by atoms with E-state index in [2.05, 4.69) is 29.6 Å². The SMILES string of the molecule is OC[C@H](O)CN[C@@H]1CCCc2ccccc21. The van der Waals surface area contributed by atoms with Gasteiger partial charge in [-0.25, -0.2) is 0 Å². The normalized spacial score (nSPS) is 21.5. The van der Waals surface area contributed by atoms with E-state index in [1.165, 1.54) is 17.5 Å². The average Bonchev–Trinajstić information content (AvgIpc) is 2.35. The fraction of sp³-hybridized carbons (Fsp3) is 0.538.